The third kappa shape index (κ3) is 2.85. The van der Waals surface area contributed by atoms with Gasteiger partial charge in [0.1, 0.15) is 0 Å². The zero-order chi connectivity index (χ0) is 13.9. The first kappa shape index (κ1) is 13.6. The maximum absolute atomic E-state index is 11.0. The van der Waals surface area contributed by atoms with Gasteiger partial charge in [-0.2, -0.15) is 0 Å². The molecule has 1 fully saturated rings. The summed E-state index contributed by atoms with van der Waals surface area (Å²) in [5.74, 6) is -0.297. The quantitative estimate of drug-likeness (QED) is 0.862. The van der Waals surface area contributed by atoms with E-state index < -0.39 is 5.97 Å². The van der Waals surface area contributed by atoms with Crippen LogP contribution in [0.5, 0.6) is 0 Å². The van der Waals surface area contributed by atoms with E-state index in [9.17, 15) is 4.79 Å². The molecule has 0 aliphatic heterocycles. The van der Waals surface area contributed by atoms with Crippen molar-refractivity contribution in [1.29, 1.82) is 0 Å². The second-order valence-corrected chi connectivity index (χ2v) is 6.64. The van der Waals surface area contributed by atoms with Crippen LogP contribution in [0.2, 0.25) is 0 Å². The van der Waals surface area contributed by atoms with E-state index >= 15 is 0 Å². The summed E-state index contributed by atoms with van der Waals surface area (Å²) >= 11 is 1.68. The molecule has 0 saturated heterocycles. The lowest BCUT2D eigenvalue weighted by Gasteiger charge is -2.16. The van der Waals surface area contributed by atoms with E-state index in [1.807, 2.05) is 6.07 Å². The third-order valence-corrected chi connectivity index (χ3v) is 5.29. The first-order chi connectivity index (χ1) is 9.74. The molecule has 0 bridgehead atoms. The van der Waals surface area contributed by atoms with E-state index in [2.05, 4.69) is 0 Å². The molecule has 1 saturated carbocycles. The van der Waals surface area contributed by atoms with E-state index in [1.165, 1.54) is 50.0 Å². The first-order valence-corrected chi connectivity index (χ1v) is 8.19. The number of aromatic carboxylic acids is 1. The third-order valence-electron chi connectivity index (χ3n) is 4.11. The van der Waals surface area contributed by atoms with Gasteiger partial charge in [0.25, 0.3) is 0 Å². The number of aromatic nitrogens is 1. The molecule has 1 aliphatic carbocycles. The van der Waals surface area contributed by atoms with Crippen molar-refractivity contribution in [2.75, 3.05) is 0 Å². The van der Waals surface area contributed by atoms with Crippen molar-refractivity contribution in [3.05, 3.63) is 28.8 Å². The van der Waals surface area contributed by atoms with Gasteiger partial charge in [0.05, 0.1) is 20.8 Å². The Balaban J connectivity index is 1.89. The van der Waals surface area contributed by atoms with Gasteiger partial charge < -0.3 is 5.11 Å². The fraction of sp³-hybridized carbons (Fsp3) is 0.500. The average molecular weight is 289 g/mol. The number of rotatable bonds is 2. The lowest BCUT2D eigenvalue weighted by Crippen LogP contribution is -2.01. The summed E-state index contributed by atoms with van der Waals surface area (Å²) < 4.78 is 1.00. The summed E-state index contributed by atoms with van der Waals surface area (Å²) in [5, 5.41) is 10.3. The molecule has 0 radical (unpaired) electrons. The number of hydrogen-bond donors (Lipinski definition) is 1. The number of fused-ring (bicyclic) bond motifs is 1. The van der Waals surface area contributed by atoms with Crippen molar-refractivity contribution in [3.8, 4) is 0 Å². The predicted molar refractivity (Wildman–Crippen MR) is 81.6 cm³/mol. The molecule has 1 aromatic carbocycles. The summed E-state index contributed by atoms with van der Waals surface area (Å²) in [7, 11) is 0. The lowest BCUT2D eigenvalue weighted by atomic mass is 9.92. The Morgan fingerprint density at radius 1 is 1.15 bits per heavy atom. The Morgan fingerprint density at radius 2 is 1.85 bits per heavy atom. The number of nitrogens with zero attached hydrogens (tertiary/aromatic N) is 1. The molecule has 3 nitrogen and oxygen atoms in total. The molecule has 0 unspecified atom stereocenters. The van der Waals surface area contributed by atoms with Crippen molar-refractivity contribution in [2.45, 2.75) is 50.9 Å². The van der Waals surface area contributed by atoms with Crippen LogP contribution < -0.4 is 0 Å². The number of carbonyl (C=O) groups is 1. The van der Waals surface area contributed by atoms with Crippen LogP contribution >= 0.6 is 11.3 Å². The van der Waals surface area contributed by atoms with Crippen molar-refractivity contribution in [3.63, 3.8) is 0 Å². The van der Waals surface area contributed by atoms with Crippen LogP contribution in [0, 0.1) is 0 Å². The van der Waals surface area contributed by atoms with E-state index in [-0.39, 0.29) is 0 Å². The molecule has 106 valence electrons. The largest absolute Gasteiger partial charge is 0.478 e. The van der Waals surface area contributed by atoms with E-state index in [0.29, 0.717) is 11.5 Å². The molecule has 3 rings (SSSR count). The maximum Gasteiger partial charge on any atom is 0.335 e. The van der Waals surface area contributed by atoms with Crippen LogP contribution in [-0.4, -0.2) is 16.1 Å². The summed E-state index contributed by atoms with van der Waals surface area (Å²) in [6.07, 6.45) is 9.09. The molecular formula is C16H19NO2S. The number of hydrogen-bond acceptors (Lipinski definition) is 3. The van der Waals surface area contributed by atoms with Gasteiger partial charge in [-0.25, -0.2) is 9.78 Å². The first-order valence-electron chi connectivity index (χ1n) is 7.38. The molecule has 0 spiro atoms. The minimum absolute atomic E-state index is 0.352. The number of thiazole rings is 1. The van der Waals surface area contributed by atoms with Gasteiger partial charge in [-0.1, -0.05) is 32.1 Å². The summed E-state index contributed by atoms with van der Waals surface area (Å²) in [6.45, 7) is 0. The number of benzene rings is 1. The minimum atomic E-state index is -0.868. The van der Waals surface area contributed by atoms with Gasteiger partial charge in [-0.05, 0) is 31.0 Å². The molecule has 1 aliphatic rings. The normalized spacial score (nSPS) is 17.8. The van der Waals surface area contributed by atoms with Crippen LogP contribution in [0.3, 0.4) is 0 Å². The lowest BCUT2D eigenvalue weighted by molar-refractivity contribution is 0.0697. The van der Waals surface area contributed by atoms with Gasteiger partial charge >= 0.3 is 5.97 Å². The summed E-state index contributed by atoms with van der Waals surface area (Å²) in [4.78, 5) is 15.8. The van der Waals surface area contributed by atoms with Crippen LogP contribution in [0.1, 0.15) is 66.2 Å². The number of carboxylic acid groups (broad SMARTS) is 1. The fourth-order valence-electron chi connectivity index (χ4n) is 2.95. The topological polar surface area (TPSA) is 50.2 Å². The highest BCUT2D eigenvalue weighted by Crippen LogP contribution is 2.35. The molecule has 20 heavy (non-hydrogen) atoms. The molecule has 0 atom stereocenters. The van der Waals surface area contributed by atoms with E-state index in [1.54, 1.807) is 23.5 Å². The molecule has 1 N–H and O–H groups in total. The Morgan fingerprint density at radius 3 is 2.55 bits per heavy atom. The van der Waals surface area contributed by atoms with Crippen LogP contribution in [0.25, 0.3) is 10.2 Å². The van der Waals surface area contributed by atoms with Crippen molar-refractivity contribution < 1.29 is 9.90 Å². The van der Waals surface area contributed by atoms with Crippen LogP contribution in [0.4, 0.5) is 0 Å². The standard InChI is InChI=1S/C16H19NO2S/c18-16(19)12-8-9-13-14(10-12)20-15(17-13)11-6-4-2-1-3-5-7-11/h8-11H,1-7H2,(H,18,19). The Hall–Kier alpha value is -1.42. The van der Waals surface area contributed by atoms with Gasteiger partial charge in [-0.3, -0.25) is 0 Å². The Kier molecular flexibility index (Phi) is 4.01. The maximum atomic E-state index is 11.0. The Bertz CT molecular complexity index is 612. The zero-order valence-corrected chi connectivity index (χ0v) is 12.3. The smallest absolute Gasteiger partial charge is 0.335 e. The molecule has 4 heteroatoms. The highest BCUT2D eigenvalue weighted by molar-refractivity contribution is 7.18. The highest BCUT2D eigenvalue weighted by Gasteiger charge is 2.18. The van der Waals surface area contributed by atoms with Crippen LogP contribution in [0.15, 0.2) is 18.2 Å². The second-order valence-electron chi connectivity index (χ2n) is 5.58. The highest BCUT2D eigenvalue weighted by atomic mass is 32.1. The van der Waals surface area contributed by atoms with Gasteiger partial charge in [0, 0.05) is 5.92 Å². The van der Waals surface area contributed by atoms with E-state index in [0.717, 1.165) is 10.2 Å². The van der Waals surface area contributed by atoms with Gasteiger partial charge in [0.2, 0.25) is 0 Å². The molecule has 0 amide bonds. The number of carboxylic acids is 1. The van der Waals surface area contributed by atoms with Crippen molar-refractivity contribution >= 4 is 27.5 Å². The second kappa shape index (κ2) is 5.92. The van der Waals surface area contributed by atoms with E-state index in [4.69, 9.17) is 10.1 Å². The van der Waals surface area contributed by atoms with Gasteiger partial charge in [0.15, 0.2) is 0 Å². The Labute approximate surface area is 122 Å². The molecule has 2 aromatic rings. The van der Waals surface area contributed by atoms with Gasteiger partial charge in [-0.15, -0.1) is 11.3 Å². The monoisotopic (exact) mass is 289 g/mol. The summed E-state index contributed by atoms with van der Waals surface area (Å²) in [5.41, 5.74) is 1.29. The zero-order valence-electron chi connectivity index (χ0n) is 11.5. The average Bonchev–Trinajstić information content (AvgIpc) is 2.80. The SMILES string of the molecule is O=C(O)c1ccc2nc(C3CCCCCCC3)sc2c1. The molecule has 1 aromatic heterocycles. The molecule has 1 heterocycles. The van der Waals surface area contributed by atoms with Crippen molar-refractivity contribution in [1.82, 2.24) is 4.98 Å². The predicted octanol–water partition coefficient (Wildman–Crippen LogP) is 4.82. The molecular weight excluding hydrogens is 270 g/mol. The van der Waals surface area contributed by atoms with Crippen molar-refractivity contribution in [2.24, 2.45) is 0 Å². The van der Waals surface area contributed by atoms with Crippen LogP contribution in [-0.2, 0) is 0 Å². The fourth-order valence-corrected chi connectivity index (χ4v) is 4.13. The summed E-state index contributed by atoms with van der Waals surface area (Å²) in [6, 6.07) is 5.23. The minimum Gasteiger partial charge on any atom is -0.478 e.